The summed E-state index contributed by atoms with van der Waals surface area (Å²) in [6.45, 7) is 5.42. The van der Waals surface area contributed by atoms with Crippen molar-refractivity contribution in [2.24, 2.45) is 7.05 Å². The number of carbonyl (C=O) groups is 2. The first-order chi connectivity index (χ1) is 15.0. The van der Waals surface area contributed by atoms with Gasteiger partial charge in [-0.1, -0.05) is 0 Å². The van der Waals surface area contributed by atoms with Gasteiger partial charge in [0.1, 0.15) is 17.5 Å². The minimum atomic E-state index is -1.05. The summed E-state index contributed by atoms with van der Waals surface area (Å²) in [5, 5.41) is 18.2. The number of carboxylic acid groups (broad SMARTS) is 1. The fourth-order valence-corrected chi connectivity index (χ4v) is 3.97. The molecule has 1 aliphatic rings. The Hall–Kier alpha value is -3.63. The molecule has 0 radical (unpaired) electrons. The molecule has 0 bridgehead atoms. The van der Waals surface area contributed by atoms with Crippen molar-refractivity contribution in [1.82, 2.24) is 29.3 Å². The summed E-state index contributed by atoms with van der Waals surface area (Å²) in [7, 11) is 1.83. The van der Waals surface area contributed by atoms with Gasteiger partial charge in [-0.25, -0.2) is 14.6 Å². The van der Waals surface area contributed by atoms with Gasteiger partial charge >= 0.3 is 12.1 Å². The Balaban J connectivity index is 1.69. The highest BCUT2D eigenvalue weighted by Gasteiger charge is 2.39. The number of aromatic nitrogens is 5. The number of amides is 1. The van der Waals surface area contributed by atoms with Crippen molar-refractivity contribution in [2.75, 3.05) is 12.3 Å². The molecule has 1 amide bonds. The lowest BCUT2D eigenvalue weighted by Gasteiger charge is -2.38. The zero-order valence-electron chi connectivity index (χ0n) is 18.5. The highest BCUT2D eigenvalue weighted by molar-refractivity contribution is 5.81. The van der Waals surface area contributed by atoms with E-state index < -0.39 is 23.7 Å². The second-order valence-electron chi connectivity index (χ2n) is 9.06. The van der Waals surface area contributed by atoms with Crippen molar-refractivity contribution in [1.29, 1.82) is 0 Å². The van der Waals surface area contributed by atoms with Gasteiger partial charge in [0.15, 0.2) is 5.65 Å². The van der Waals surface area contributed by atoms with E-state index in [9.17, 15) is 14.7 Å². The lowest BCUT2D eigenvalue weighted by Crippen LogP contribution is -2.51. The van der Waals surface area contributed by atoms with Crippen LogP contribution < -0.4 is 5.73 Å². The first kappa shape index (κ1) is 21.6. The number of aryl methyl sites for hydroxylation is 1. The smallest absolute Gasteiger partial charge is 0.411 e. The molecule has 0 aliphatic carbocycles. The minimum absolute atomic E-state index is 0.171. The van der Waals surface area contributed by atoms with Crippen LogP contribution in [0.25, 0.3) is 16.8 Å². The van der Waals surface area contributed by atoms with Crippen molar-refractivity contribution in [3.63, 3.8) is 0 Å². The van der Waals surface area contributed by atoms with Crippen LogP contribution in [-0.4, -0.2) is 64.6 Å². The number of hydrogen-bond acceptors (Lipinski definition) is 7. The van der Waals surface area contributed by atoms with Gasteiger partial charge in [-0.15, -0.1) is 0 Å². The van der Waals surface area contributed by atoms with E-state index in [-0.39, 0.29) is 12.5 Å². The maximum Gasteiger partial charge on any atom is 0.411 e. The van der Waals surface area contributed by atoms with Gasteiger partial charge in [0, 0.05) is 42.9 Å². The SMILES string of the molecule is Cn1cc(-c2cnn3c(N)cc(C4CC[C@@H](C(=O)O)N(C(=O)OC(C)(C)C)C4)nc23)cn1. The average Bonchev–Trinajstić information content (AvgIpc) is 3.32. The molecule has 11 nitrogen and oxygen atoms in total. The zero-order valence-corrected chi connectivity index (χ0v) is 18.5. The molecule has 3 N–H and O–H groups in total. The van der Waals surface area contributed by atoms with Crippen LogP contribution in [0.5, 0.6) is 0 Å². The van der Waals surface area contributed by atoms with Gasteiger partial charge in [-0.3, -0.25) is 9.58 Å². The molecule has 1 saturated heterocycles. The number of likely N-dealkylation sites (tertiary alicyclic amines) is 1. The first-order valence-corrected chi connectivity index (χ1v) is 10.4. The molecular weight excluding hydrogens is 414 g/mol. The zero-order chi connectivity index (χ0) is 23.2. The van der Waals surface area contributed by atoms with Gasteiger partial charge in [-0.05, 0) is 33.6 Å². The van der Waals surface area contributed by atoms with Crippen LogP contribution in [-0.2, 0) is 16.6 Å². The van der Waals surface area contributed by atoms with E-state index in [1.807, 2.05) is 13.2 Å². The third-order valence-electron chi connectivity index (χ3n) is 5.45. The summed E-state index contributed by atoms with van der Waals surface area (Å²) in [6.07, 6.45) is 5.47. The molecule has 4 rings (SSSR count). The van der Waals surface area contributed by atoms with Crippen LogP contribution in [0, 0.1) is 0 Å². The number of rotatable bonds is 3. The Kier molecular flexibility index (Phi) is 5.27. The number of nitrogens with two attached hydrogens (primary N) is 1. The Morgan fingerprint density at radius 2 is 1.97 bits per heavy atom. The van der Waals surface area contributed by atoms with Gasteiger partial charge < -0.3 is 15.6 Å². The Morgan fingerprint density at radius 1 is 1.22 bits per heavy atom. The summed E-state index contributed by atoms with van der Waals surface area (Å²) >= 11 is 0. The largest absolute Gasteiger partial charge is 0.480 e. The fraction of sp³-hybridized carbons (Fsp3) is 0.476. The molecule has 0 saturated carbocycles. The third kappa shape index (κ3) is 4.10. The van der Waals surface area contributed by atoms with E-state index in [0.717, 1.165) is 11.1 Å². The van der Waals surface area contributed by atoms with Crippen LogP contribution in [0.1, 0.15) is 45.2 Å². The molecule has 0 aromatic carbocycles. The maximum atomic E-state index is 12.8. The summed E-state index contributed by atoms with van der Waals surface area (Å²) in [5.74, 6) is -0.835. The highest BCUT2D eigenvalue weighted by Crippen LogP contribution is 2.33. The number of ether oxygens (including phenoxy) is 1. The number of fused-ring (bicyclic) bond motifs is 1. The summed E-state index contributed by atoms with van der Waals surface area (Å²) in [5.41, 5.74) is 8.43. The molecule has 3 aromatic rings. The second-order valence-corrected chi connectivity index (χ2v) is 9.06. The Labute approximate surface area is 184 Å². The number of aliphatic carboxylic acids is 1. The van der Waals surface area contributed by atoms with Crippen molar-refractivity contribution < 1.29 is 19.4 Å². The van der Waals surface area contributed by atoms with E-state index in [1.54, 1.807) is 48.4 Å². The van der Waals surface area contributed by atoms with E-state index >= 15 is 0 Å². The van der Waals surface area contributed by atoms with Crippen LogP contribution in [0.2, 0.25) is 0 Å². The number of nitrogen functional groups attached to an aromatic ring is 1. The summed E-state index contributed by atoms with van der Waals surface area (Å²) in [6, 6.07) is 0.787. The highest BCUT2D eigenvalue weighted by atomic mass is 16.6. The Bertz CT molecular complexity index is 1180. The molecule has 4 heterocycles. The molecule has 3 aromatic heterocycles. The number of piperidine rings is 1. The van der Waals surface area contributed by atoms with Gasteiger partial charge in [-0.2, -0.15) is 14.7 Å². The molecular formula is C21H27N7O4. The predicted octanol–water partition coefficient (Wildman–Crippen LogP) is 2.28. The third-order valence-corrected chi connectivity index (χ3v) is 5.45. The monoisotopic (exact) mass is 441 g/mol. The molecule has 11 heteroatoms. The maximum absolute atomic E-state index is 12.8. The molecule has 32 heavy (non-hydrogen) atoms. The van der Waals surface area contributed by atoms with Gasteiger partial charge in [0.05, 0.1) is 18.1 Å². The van der Waals surface area contributed by atoms with Crippen molar-refractivity contribution in [3.05, 3.63) is 30.4 Å². The van der Waals surface area contributed by atoms with Crippen LogP contribution in [0.15, 0.2) is 24.7 Å². The second kappa shape index (κ2) is 7.81. The number of carboxylic acids is 1. The predicted molar refractivity (Wildman–Crippen MR) is 116 cm³/mol. The fourth-order valence-electron chi connectivity index (χ4n) is 3.97. The lowest BCUT2D eigenvalue weighted by atomic mass is 9.90. The normalized spacial score (nSPS) is 19.3. The standard InChI is InChI=1S/C21H27N7O4/c1-21(2,3)32-20(31)27-11-12(5-6-16(27)19(29)30)15-7-17(22)28-18(25-15)14(9-24-28)13-8-23-26(4)10-13/h7-10,12,16H,5-6,11,22H2,1-4H3,(H,29,30)/t12?,16-/m0/s1. The average molecular weight is 441 g/mol. The van der Waals surface area contributed by atoms with Crippen molar-refractivity contribution in [2.45, 2.75) is 51.2 Å². The molecule has 170 valence electrons. The van der Waals surface area contributed by atoms with E-state index in [2.05, 4.69) is 10.2 Å². The van der Waals surface area contributed by atoms with Crippen molar-refractivity contribution in [3.8, 4) is 11.1 Å². The molecule has 1 aliphatic heterocycles. The first-order valence-electron chi connectivity index (χ1n) is 10.4. The quantitative estimate of drug-likeness (QED) is 0.631. The van der Waals surface area contributed by atoms with Gasteiger partial charge in [0.2, 0.25) is 0 Å². The minimum Gasteiger partial charge on any atom is -0.480 e. The summed E-state index contributed by atoms with van der Waals surface area (Å²) < 4.78 is 8.71. The molecule has 2 atom stereocenters. The number of nitrogens with zero attached hydrogens (tertiary/aromatic N) is 6. The van der Waals surface area contributed by atoms with Crippen molar-refractivity contribution >= 4 is 23.5 Å². The molecule has 1 fully saturated rings. The number of hydrogen-bond donors (Lipinski definition) is 2. The molecule has 0 spiro atoms. The van der Waals surface area contributed by atoms with E-state index in [0.29, 0.717) is 30.0 Å². The topological polar surface area (TPSA) is 141 Å². The number of carbonyl (C=O) groups excluding carboxylic acids is 1. The molecule has 1 unspecified atom stereocenters. The lowest BCUT2D eigenvalue weighted by molar-refractivity contribution is -0.144. The van der Waals surface area contributed by atoms with Crippen LogP contribution in [0.3, 0.4) is 0 Å². The van der Waals surface area contributed by atoms with E-state index in [1.165, 1.54) is 4.90 Å². The summed E-state index contributed by atoms with van der Waals surface area (Å²) in [4.78, 5) is 30.6. The van der Waals surface area contributed by atoms with Crippen LogP contribution >= 0.6 is 0 Å². The Morgan fingerprint density at radius 3 is 2.59 bits per heavy atom. The van der Waals surface area contributed by atoms with E-state index in [4.69, 9.17) is 15.5 Å². The van der Waals surface area contributed by atoms with Crippen LogP contribution in [0.4, 0.5) is 10.6 Å². The number of anilines is 1. The van der Waals surface area contributed by atoms with Gasteiger partial charge in [0.25, 0.3) is 0 Å².